The Labute approximate surface area is 196 Å². The Bertz CT molecular complexity index is 1370. The lowest BCUT2D eigenvalue weighted by atomic mass is 9.94. The van der Waals surface area contributed by atoms with E-state index in [0.29, 0.717) is 40.6 Å². The molecular formula is C26H25N3O5. The van der Waals surface area contributed by atoms with E-state index in [2.05, 4.69) is 10.2 Å². The fraction of sp³-hybridized carbons (Fsp3) is 0.231. The van der Waals surface area contributed by atoms with Gasteiger partial charge in [-0.1, -0.05) is 12.1 Å². The molecule has 34 heavy (non-hydrogen) atoms. The molecule has 3 N–H and O–H groups in total. The van der Waals surface area contributed by atoms with Gasteiger partial charge < -0.3 is 24.3 Å². The largest absolute Gasteiger partial charge is 0.507 e. The second-order valence-corrected chi connectivity index (χ2v) is 8.41. The van der Waals surface area contributed by atoms with Crippen LogP contribution in [0.3, 0.4) is 0 Å². The SMILES string of the molecule is CCOc1cc([C@@H]2c3c(-c4cc(C)cc(C)c4O)n[nH]c3C(=O)N2Cc2ccco2)ccc1O. The molecule has 3 heterocycles. The first-order valence-corrected chi connectivity index (χ1v) is 11.1. The maximum absolute atomic E-state index is 13.5. The number of ether oxygens (including phenoxy) is 1. The predicted molar refractivity (Wildman–Crippen MR) is 125 cm³/mol. The zero-order chi connectivity index (χ0) is 24.0. The van der Waals surface area contributed by atoms with Gasteiger partial charge in [-0.15, -0.1) is 0 Å². The number of carbonyl (C=O) groups is 1. The Balaban J connectivity index is 1.71. The lowest BCUT2D eigenvalue weighted by molar-refractivity contribution is 0.0716. The summed E-state index contributed by atoms with van der Waals surface area (Å²) in [7, 11) is 0. The average Bonchev–Trinajstić information content (AvgIpc) is 3.52. The number of aryl methyl sites for hydroxylation is 2. The van der Waals surface area contributed by atoms with Crippen molar-refractivity contribution in [3.05, 3.63) is 82.4 Å². The van der Waals surface area contributed by atoms with Gasteiger partial charge >= 0.3 is 0 Å². The van der Waals surface area contributed by atoms with Crippen LogP contribution >= 0.6 is 0 Å². The molecule has 0 saturated carbocycles. The quantitative estimate of drug-likeness (QED) is 0.380. The van der Waals surface area contributed by atoms with Crippen LogP contribution < -0.4 is 4.74 Å². The first-order valence-electron chi connectivity index (χ1n) is 11.1. The number of nitrogens with one attached hydrogen (secondary N) is 1. The Morgan fingerprint density at radius 1 is 1.18 bits per heavy atom. The van der Waals surface area contributed by atoms with Gasteiger partial charge in [0.25, 0.3) is 5.91 Å². The number of nitrogens with zero attached hydrogens (tertiary/aromatic N) is 2. The monoisotopic (exact) mass is 459 g/mol. The van der Waals surface area contributed by atoms with Crippen molar-refractivity contribution in [2.45, 2.75) is 33.4 Å². The van der Waals surface area contributed by atoms with E-state index in [-0.39, 0.29) is 24.0 Å². The lowest BCUT2D eigenvalue weighted by Crippen LogP contribution is -2.29. The van der Waals surface area contributed by atoms with Gasteiger partial charge in [-0.2, -0.15) is 5.10 Å². The summed E-state index contributed by atoms with van der Waals surface area (Å²) in [6.07, 6.45) is 1.57. The molecule has 0 spiro atoms. The molecule has 0 bridgehead atoms. The Hall–Kier alpha value is -4.20. The number of carbonyl (C=O) groups excluding carboxylic acids is 1. The first kappa shape index (κ1) is 21.6. The van der Waals surface area contributed by atoms with Crippen LogP contribution in [0, 0.1) is 13.8 Å². The molecule has 0 fully saturated rings. The summed E-state index contributed by atoms with van der Waals surface area (Å²) in [4.78, 5) is 15.2. The Morgan fingerprint density at radius 3 is 2.74 bits per heavy atom. The van der Waals surface area contributed by atoms with Crippen molar-refractivity contribution < 1.29 is 24.2 Å². The van der Waals surface area contributed by atoms with Crippen molar-refractivity contribution in [2.24, 2.45) is 0 Å². The predicted octanol–water partition coefficient (Wildman–Crippen LogP) is 4.84. The van der Waals surface area contributed by atoms with E-state index in [9.17, 15) is 15.0 Å². The van der Waals surface area contributed by atoms with Crippen LogP contribution in [0.1, 0.15) is 51.5 Å². The van der Waals surface area contributed by atoms with Crippen LogP contribution in [0.2, 0.25) is 0 Å². The van der Waals surface area contributed by atoms with E-state index in [1.807, 2.05) is 39.0 Å². The third-order valence-corrected chi connectivity index (χ3v) is 6.07. The minimum absolute atomic E-state index is 0.0205. The third-order valence-electron chi connectivity index (χ3n) is 6.07. The first-order chi connectivity index (χ1) is 16.4. The second-order valence-electron chi connectivity index (χ2n) is 8.41. The molecule has 0 saturated heterocycles. The molecule has 2 aromatic carbocycles. The van der Waals surface area contributed by atoms with E-state index >= 15 is 0 Å². The van der Waals surface area contributed by atoms with Crippen LogP contribution in [0.5, 0.6) is 17.2 Å². The standard InChI is InChI=1S/C26H25N3O5/c1-4-33-20-12-16(7-8-19(20)30)24-21-22(18-11-14(2)10-15(3)25(18)31)27-28-23(21)26(32)29(24)13-17-6-5-9-34-17/h5-12,24,30-31H,4,13H2,1-3H3,(H,27,28)/t24-/m1/s1. The van der Waals surface area contributed by atoms with Gasteiger partial charge in [0, 0.05) is 11.1 Å². The van der Waals surface area contributed by atoms with E-state index < -0.39 is 6.04 Å². The van der Waals surface area contributed by atoms with Crippen LogP contribution in [0.15, 0.2) is 53.1 Å². The van der Waals surface area contributed by atoms with Gasteiger partial charge in [0.15, 0.2) is 11.5 Å². The number of fused-ring (bicyclic) bond motifs is 1. The molecule has 0 unspecified atom stereocenters. The summed E-state index contributed by atoms with van der Waals surface area (Å²) in [6, 6.07) is 11.9. The molecular weight excluding hydrogens is 434 g/mol. The zero-order valence-corrected chi connectivity index (χ0v) is 19.1. The molecule has 8 nitrogen and oxygen atoms in total. The molecule has 174 valence electrons. The van der Waals surface area contributed by atoms with Crippen LogP contribution in [-0.4, -0.2) is 37.8 Å². The smallest absolute Gasteiger partial charge is 0.273 e. The van der Waals surface area contributed by atoms with Crippen molar-refractivity contribution >= 4 is 5.91 Å². The Morgan fingerprint density at radius 2 is 2.00 bits per heavy atom. The second kappa shape index (κ2) is 8.30. The fourth-order valence-corrected chi connectivity index (χ4v) is 4.59. The van der Waals surface area contributed by atoms with E-state index in [1.165, 1.54) is 0 Å². The maximum Gasteiger partial charge on any atom is 0.273 e. The molecule has 8 heteroatoms. The van der Waals surface area contributed by atoms with Crippen LogP contribution in [-0.2, 0) is 6.54 Å². The summed E-state index contributed by atoms with van der Waals surface area (Å²) in [6.45, 7) is 6.24. The van der Waals surface area contributed by atoms with Gasteiger partial charge in [0.1, 0.15) is 22.9 Å². The van der Waals surface area contributed by atoms with E-state index in [0.717, 1.165) is 16.7 Å². The molecule has 1 amide bonds. The van der Waals surface area contributed by atoms with Crippen LogP contribution in [0.4, 0.5) is 0 Å². The van der Waals surface area contributed by atoms with Gasteiger partial charge in [0.05, 0.1) is 25.5 Å². The molecule has 0 radical (unpaired) electrons. The molecule has 2 aromatic heterocycles. The number of aromatic amines is 1. The number of furan rings is 1. The number of aromatic nitrogens is 2. The molecule has 1 aliphatic heterocycles. The average molecular weight is 460 g/mol. The minimum Gasteiger partial charge on any atom is -0.507 e. The van der Waals surface area contributed by atoms with Crippen molar-refractivity contribution in [1.82, 2.24) is 15.1 Å². The highest BCUT2D eigenvalue weighted by Gasteiger charge is 2.43. The number of amides is 1. The summed E-state index contributed by atoms with van der Waals surface area (Å²) >= 11 is 0. The molecule has 0 aliphatic carbocycles. The van der Waals surface area contributed by atoms with Gasteiger partial charge in [-0.25, -0.2) is 0 Å². The van der Waals surface area contributed by atoms with Crippen molar-refractivity contribution in [3.63, 3.8) is 0 Å². The van der Waals surface area contributed by atoms with Gasteiger partial charge in [0.2, 0.25) is 0 Å². The molecule has 1 aliphatic rings. The summed E-state index contributed by atoms with van der Waals surface area (Å²) in [5.74, 6) is 0.877. The minimum atomic E-state index is -0.540. The number of aromatic hydroxyl groups is 2. The summed E-state index contributed by atoms with van der Waals surface area (Å²) in [5.41, 5.74) is 4.51. The molecule has 5 rings (SSSR count). The zero-order valence-electron chi connectivity index (χ0n) is 19.1. The summed E-state index contributed by atoms with van der Waals surface area (Å²) < 4.78 is 11.1. The molecule has 1 atom stereocenters. The number of H-pyrrole nitrogens is 1. The summed E-state index contributed by atoms with van der Waals surface area (Å²) in [5, 5.41) is 28.4. The number of hydrogen-bond donors (Lipinski definition) is 3. The number of phenols is 2. The Kier molecular flexibility index (Phi) is 5.28. The van der Waals surface area contributed by atoms with Crippen molar-refractivity contribution in [3.8, 4) is 28.5 Å². The third kappa shape index (κ3) is 3.48. The van der Waals surface area contributed by atoms with Crippen LogP contribution in [0.25, 0.3) is 11.3 Å². The lowest BCUT2D eigenvalue weighted by Gasteiger charge is -2.26. The van der Waals surface area contributed by atoms with Crippen molar-refractivity contribution in [2.75, 3.05) is 6.61 Å². The highest BCUT2D eigenvalue weighted by atomic mass is 16.5. The number of hydrogen-bond acceptors (Lipinski definition) is 6. The fourth-order valence-electron chi connectivity index (χ4n) is 4.59. The number of phenolic OH excluding ortho intramolecular Hbond substituents is 2. The number of benzene rings is 2. The normalized spacial score (nSPS) is 15.1. The highest BCUT2D eigenvalue weighted by molar-refractivity contribution is 6.00. The maximum atomic E-state index is 13.5. The van der Waals surface area contributed by atoms with Gasteiger partial charge in [-0.05, 0) is 67.8 Å². The van der Waals surface area contributed by atoms with Crippen molar-refractivity contribution in [1.29, 1.82) is 0 Å². The van der Waals surface area contributed by atoms with E-state index in [4.69, 9.17) is 9.15 Å². The topological polar surface area (TPSA) is 112 Å². The van der Waals surface area contributed by atoms with Gasteiger partial charge in [-0.3, -0.25) is 9.89 Å². The number of rotatable bonds is 6. The highest BCUT2D eigenvalue weighted by Crippen LogP contribution is 2.47. The molecule has 4 aromatic rings. The van der Waals surface area contributed by atoms with E-state index in [1.54, 1.807) is 35.4 Å².